The number of halogens is 5. The van der Waals surface area contributed by atoms with E-state index in [0.29, 0.717) is 17.1 Å². The minimum atomic E-state index is -4.48. The first kappa shape index (κ1) is 21.0. The lowest BCUT2D eigenvalue weighted by Crippen LogP contribution is -2.18. The summed E-state index contributed by atoms with van der Waals surface area (Å²) in [6, 6.07) is 10.6. The second-order valence-electron chi connectivity index (χ2n) is 5.61. The Balaban J connectivity index is 2.27. The van der Waals surface area contributed by atoms with Gasteiger partial charge in [-0.1, -0.05) is 47.5 Å². The molecular weight excluding hydrogens is 398 g/mol. The van der Waals surface area contributed by atoms with E-state index in [2.05, 4.69) is 9.98 Å². The van der Waals surface area contributed by atoms with Crippen LogP contribution in [0, 0.1) is 0 Å². The first-order valence-corrected chi connectivity index (χ1v) is 8.55. The van der Waals surface area contributed by atoms with Crippen LogP contribution in [0.2, 0.25) is 10.0 Å². The van der Waals surface area contributed by atoms with Crippen LogP contribution < -0.4 is 5.73 Å². The predicted octanol–water partition coefficient (Wildman–Crippen LogP) is 6.39. The van der Waals surface area contributed by atoms with E-state index in [1.54, 1.807) is 31.2 Å². The molecule has 0 bridgehead atoms. The standard InChI is InChI=1S/C19H16Cl2F3N3/c1-12(26-11-25)27-17-5-2-13(3-6-17)4-7-18(19(22,23)24)14-8-15(20)10-16(21)9-14/h2-11,18H,1H3,(H2,25,26,27). The molecule has 0 spiro atoms. The summed E-state index contributed by atoms with van der Waals surface area (Å²) in [5.74, 6) is -1.36. The highest BCUT2D eigenvalue weighted by molar-refractivity contribution is 6.34. The molecule has 2 rings (SSSR count). The molecule has 0 aliphatic carbocycles. The van der Waals surface area contributed by atoms with Crippen molar-refractivity contribution in [2.45, 2.75) is 19.0 Å². The van der Waals surface area contributed by atoms with Crippen molar-refractivity contribution in [3.8, 4) is 0 Å². The van der Waals surface area contributed by atoms with E-state index in [9.17, 15) is 13.2 Å². The van der Waals surface area contributed by atoms with Gasteiger partial charge in [0.2, 0.25) is 0 Å². The van der Waals surface area contributed by atoms with Gasteiger partial charge < -0.3 is 5.73 Å². The highest BCUT2D eigenvalue weighted by Crippen LogP contribution is 2.38. The number of rotatable bonds is 4. The number of alkyl halides is 3. The highest BCUT2D eigenvalue weighted by Gasteiger charge is 2.39. The number of hydrogen-bond donors (Lipinski definition) is 1. The van der Waals surface area contributed by atoms with E-state index in [0.717, 1.165) is 12.4 Å². The zero-order chi connectivity index (χ0) is 20.0. The first-order valence-electron chi connectivity index (χ1n) is 7.79. The molecule has 0 aliphatic rings. The Morgan fingerprint density at radius 2 is 1.67 bits per heavy atom. The zero-order valence-electron chi connectivity index (χ0n) is 14.2. The van der Waals surface area contributed by atoms with Crippen LogP contribution in [0.25, 0.3) is 6.08 Å². The smallest absolute Gasteiger partial charge is 0.390 e. The van der Waals surface area contributed by atoms with Gasteiger partial charge in [-0.3, -0.25) is 0 Å². The minimum Gasteiger partial charge on any atom is -0.390 e. The van der Waals surface area contributed by atoms with Crippen LogP contribution in [-0.2, 0) is 0 Å². The summed E-state index contributed by atoms with van der Waals surface area (Å²) in [6.07, 6.45) is -0.878. The number of amidine groups is 1. The molecule has 8 heteroatoms. The van der Waals surface area contributed by atoms with Crippen LogP contribution >= 0.6 is 23.2 Å². The van der Waals surface area contributed by atoms with Crippen molar-refractivity contribution in [3.05, 3.63) is 69.7 Å². The van der Waals surface area contributed by atoms with Crippen LogP contribution in [0.3, 0.4) is 0 Å². The monoisotopic (exact) mass is 413 g/mol. The van der Waals surface area contributed by atoms with Crippen molar-refractivity contribution in [1.82, 2.24) is 0 Å². The van der Waals surface area contributed by atoms with E-state index in [1.807, 2.05) is 0 Å². The Hall–Kier alpha value is -2.31. The summed E-state index contributed by atoms with van der Waals surface area (Å²) in [4.78, 5) is 8.02. The molecule has 0 heterocycles. The van der Waals surface area contributed by atoms with Crippen molar-refractivity contribution in [3.63, 3.8) is 0 Å². The van der Waals surface area contributed by atoms with Gasteiger partial charge in [-0.25, -0.2) is 9.98 Å². The molecule has 142 valence electrons. The van der Waals surface area contributed by atoms with Gasteiger partial charge in [0, 0.05) is 10.0 Å². The lowest BCUT2D eigenvalue weighted by Gasteiger charge is -2.18. The normalized spacial score (nSPS) is 14.2. The van der Waals surface area contributed by atoms with Gasteiger partial charge in [0.25, 0.3) is 0 Å². The molecule has 1 atom stereocenters. The summed E-state index contributed by atoms with van der Waals surface area (Å²) >= 11 is 11.7. The van der Waals surface area contributed by atoms with Gasteiger partial charge in [0.15, 0.2) is 0 Å². The Bertz CT molecular complexity index is 853. The number of benzene rings is 2. The summed E-state index contributed by atoms with van der Waals surface area (Å²) in [5.41, 5.74) is 6.37. The maximum atomic E-state index is 13.5. The molecule has 27 heavy (non-hydrogen) atoms. The molecule has 0 amide bonds. The predicted molar refractivity (Wildman–Crippen MR) is 106 cm³/mol. The average Bonchev–Trinajstić information content (AvgIpc) is 2.54. The number of hydrogen-bond acceptors (Lipinski definition) is 1. The molecular formula is C19H16Cl2F3N3. The number of allylic oxidation sites excluding steroid dienone is 1. The molecule has 0 aromatic heterocycles. The fraction of sp³-hybridized carbons (Fsp3) is 0.158. The average molecular weight is 414 g/mol. The summed E-state index contributed by atoms with van der Waals surface area (Å²) in [7, 11) is 0. The first-order chi connectivity index (χ1) is 12.7. The van der Waals surface area contributed by atoms with Gasteiger partial charge in [-0.15, -0.1) is 0 Å². The molecule has 0 fully saturated rings. The van der Waals surface area contributed by atoms with Gasteiger partial charge in [-0.2, -0.15) is 13.2 Å². The summed E-state index contributed by atoms with van der Waals surface area (Å²) in [6.45, 7) is 1.68. The van der Waals surface area contributed by atoms with Gasteiger partial charge in [-0.05, 0) is 48.4 Å². The van der Waals surface area contributed by atoms with Crippen LogP contribution in [0.1, 0.15) is 24.0 Å². The molecule has 2 aromatic carbocycles. The van der Waals surface area contributed by atoms with E-state index in [4.69, 9.17) is 28.9 Å². The lowest BCUT2D eigenvalue weighted by atomic mass is 9.97. The SMILES string of the molecule is CC(N=CN)=Nc1ccc(C=CC(c2cc(Cl)cc(Cl)c2)C(F)(F)F)cc1. The quantitative estimate of drug-likeness (QED) is 0.458. The molecule has 0 aliphatic heterocycles. The maximum absolute atomic E-state index is 13.5. The van der Waals surface area contributed by atoms with Crippen molar-refractivity contribution < 1.29 is 13.2 Å². The number of nitrogens with two attached hydrogens (primary N) is 1. The van der Waals surface area contributed by atoms with Crippen molar-refractivity contribution in [1.29, 1.82) is 0 Å². The molecule has 3 nitrogen and oxygen atoms in total. The van der Waals surface area contributed by atoms with E-state index in [1.165, 1.54) is 24.3 Å². The van der Waals surface area contributed by atoms with Gasteiger partial charge in [0.05, 0.1) is 17.9 Å². The van der Waals surface area contributed by atoms with Crippen molar-refractivity contribution in [2.75, 3.05) is 0 Å². The number of nitrogens with zero attached hydrogens (tertiary/aromatic N) is 2. The third-order valence-electron chi connectivity index (χ3n) is 3.52. The molecule has 0 saturated carbocycles. The van der Waals surface area contributed by atoms with E-state index < -0.39 is 12.1 Å². The van der Waals surface area contributed by atoms with Crippen LogP contribution in [0.15, 0.2) is 58.5 Å². The van der Waals surface area contributed by atoms with Crippen molar-refractivity contribution in [2.24, 2.45) is 15.7 Å². The molecule has 0 saturated heterocycles. The molecule has 2 N–H and O–H groups in total. The van der Waals surface area contributed by atoms with Crippen LogP contribution in [0.5, 0.6) is 0 Å². The Morgan fingerprint density at radius 3 is 2.19 bits per heavy atom. The topological polar surface area (TPSA) is 50.7 Å². The van der Waals surface area contributed by atoms with Gasteiger partial charge in [0.1, 0.15) is 5.84 Å². The zero-order valence-corrected chi connectivity index (χ0v) is 15.7. The fourth-order valence-corrected chi connectivity index (χ4v) is 2.90. The fourth-order valence-electron chi connectivity index (χ4n) is 2.35. The molecule has 1 unspecified atom stereocenters. The molecule has 2 aromatic rings. The van der Waals surface area contributed by atoms with Crippen molar-refractivity contribution >= 4 is 47.1 Å². The second-order valence-corrected chi connectivity index (χ2v) is 6.48. The highest BCUT2D eigenvalue weighted by atomic mass is 35.5. The van der Waals surface area contributed by atoms with E-state index in [-0.39, 0.29) is 15.6 Å². The number of aliphatic imine (C=N–C) groups is 2. The second kappa shape index (κ2) is 9.06. The van der Waals surface area contributed by atoms with Crippen LogP contribution in [-0.4, -0.2) is 18.4 Å². The Morgan fingerprint density at radius 1 is 1.07 bits per heavy atom. The summed E-state index contributed by atoms with van der Waals surface area (Å²) < 4.78 is 40.4. The maximum Gasteiger partial charge on any atom is 0.399 e. The third-order valence-corrected chi connectivity index (χ3v) is 3.96. The van der Waals surface area contributed by atoms with E-state index >= 15 is 0 Å². The third kappa shape index (κ3) is 6.41. The van der Waals surface area contributed by atoms with Gasteiger partial charge >= 0.3 is 6.18 Å². The lowest BCUT2D eigenvalue weighted by molar-refractivity contribution is -0.139. The largest absolute Gasteiger partial charge is 0.399 e. The Kier molecular flexibility index (Phi) is 7.05. The minimum absolute atomic E-state index is 0.0206. The summed E-state index contributed by atoms with van der Waals surface area (Å²) in [5, 5.41) is 0.302. The van der Waals surface area contributed by atoms with Crippen LogP contribution in [0.4, 0.5) is 18.9 Å². The Labute approximate surface area is 165 Å². The molecule has 0 radical (unpaired) electrons.